The Morgan fingerprint density at radius 3 is 2.62 bits per heavy atom. The van der Waals surface area contributed by atoms with Gasteiger partial charge in [0.25, 0.3) is 0 Å². The molecule has 1 heterocycles. The molecule has 0 amide bonds. The molecule has 0 aromatic heterocycles. The third-order valence-electron chi connectivity index (χ3n) is 4.73. The van der Waals surface area contributed by atoms with Crippen LogP contribution in [0.4, 0.5) is 5.69 Å². The van der Waals surface area contributed by atoms with Crippen LogP contribution in [0.1, 0.15) is 36.2 Å². The number of anilines is 1. The van der Waals surface area contributed by atoms with Crippen molar-refractivity contribution in [1.82, 2.24) is 0 Å². The summed E-state index contributed by atoms with van der Waals surface area (Å²) in [5.74, 6) is 2.51. The van der Waals surface area contributed by atoms with E-state index >= 15 is 0 Å². The van der Waals surface area contributed by atoms with Crippen LogP contribution in [-0.4, -0.2) is 40.4 Å². The number of allylic oxidation sites excluding steroid dienone is 1. The fraction of sp³-hybridized carbons (Fsp3) is 0.348. The Kier molecular flexibility index (Phi) is 6.32. The Balaban J connectivity index is 1.99. The number of carbonyl (C=O) groups excluding carboxylic acids is 1. The van der Waals surface area contributed by atoms with E-state index in [1.54, 1.807) is 13.2 Å². The van der Waals surface area contributed by atoms with Crippen molar-refractivity contribution in [3.63, 3.8) is 0 Å². The molecule has 29 heavy (non-hydrogen) atoms. The van der Waals surface area contributed by atoms with Crippen LogP contribution in [0.2, 0.25) is 0 Å². The summed E-state index contributed by atoms with van der Waals surface area (Å²) in [6.45, 7) is 4.63. The number of benzene rings is 2. The lowest BCUT2D eigenvalue weighted by Crippen LogP contribution is -2.12. The maximum atomic E-state index is 13.2. The molecule has 0 bridgehead atoms. The van der Waals surface area contributed by atoms with E-state index in [4.69, 9.17) is 18.9 Å². The number of carbonyl (C=O) groups is 1. The smallest absolute Gasteiger partial charge is 0.231 e. The highest BCUT2D eigenvalue weighted by Gasteiger charge is 2.22. The van der Waals surface area contributed by atoms with Crippen molar-refractivity contribution >= 4 is 17.5 Å². The Hall–Kier alpha value is -3.15. The zero-order valence-electron chi connectivity index (χ0n) is 17.6. The Bertz CT molecular complexity index is 933. The first-order valence-electron chi connectivity index (χ1n) is 9.66. The molecule has 0 fully saturated rings. The van der Waals surface area contributed by atoms with E-state index in [1.807, 2.05) is 63.2 Å². The van der Waals surface area contributed by atoms with E-state index in [0.29, 0.717) is 41.4 Å². The average Bonchev–Trinajstić information content (AvgIpc) is 3.20. The Morgan fingerprint density at radius 2 is 1.97 bits per heavy atom. The minimum atomic E-state index is -0.0293. The van der Waals surface area contributed by atoms with Crippen LogP contribution in [0.3, 0.4) is 0 Å². The third-order valence-corrected chi connectivity index (χ3v) is 4.73. The first-order chi connectivity index (χ1) is 14.0. The molecule has 0 spiro atoms. The van der Waals surface area contributed by atoms with Crippen molar-refractivity contribution in [2.24, 2.45) is 0 Å². The fourth-order valence-corrected chi connectivity index (χ4v) is 3.27. The highest BCUT2D eigenvalue weighted by molar-refractivity contribution is 6.12. The summed E-state index contributed by atoms with van der Waals surface area (Å²) in [6.07, 6.45) is 2.44. The van der Waals surface area contributed by atoms with Gasteiger partial charge in [0.05, 0.1) is 19.4 Å². The summed E-state index contributed by atoms with van der Waals surface area (Å²) in [7, 11) is 5.44. The molecule has 1 aliphatic heterocycles. The third kappa shape index (κ3) is 4.16. The second-order valence-electron chi connectivity index (χ2n) is 6.78. The highest BCUT2D eigenvalue weighted by Crippen LogP contribution is 2.44. The first kappa shape index (κ1) is 20.6. The van der Waals surface area contributed by atoms with Crippen LogP contribution in [0.15, 0.2) is 35.9 Å². The van der Waals surface area contributed by atoms with Gasteiger partial charge >= 0.3 is 0 Å². The predicted molar refractivity (Wildman–Crippen MR) is 114 cm³/mol. The number of hydrogen-bond acceptors (Lipinski definition) is 6. The van der Waals surface area contributed by atoms with E-state index in [1.165, 1.54) is 0 Å². The SMILES string of the molecule is CCOc1ccc(C(=O)/C(=C/c2ccc3c(c2OC)OCO3)CC)cc1N(C)C. The first-order valence-corrected chi connectivity index (χ1v) is 9.66. The van der Waals surface area contributed by atoms with Gasteiger partial charge in [-0.05, 0) is 49.8 Å². The monoisotopic (exact) mass is 397 g/mol. The quantitative estimate of drug-likeness (QED) is 0.481. The standard InChI is InChI=1S/C23H27NO5/c1-6-15(12-17-9-11-20-23(22(17)26-5)29-14-28-20)21(25)16-8-10-19(27-7-2)18(13-16)24(3)4/h8-13H,6-7,14H2,1-5H3/b15-12+. The van der Waals surface area contributed by atoms with Gasteiger partial charge in [0.2, 0.25) is 12.5 Å². The van der Waals surface area contributed by atoms with Gasteiger partial charge < -0.3 is 23.8 Å². The van der Waals surface area contributed by atoms with Gasteiger partial charge in [-0.15, -0.1) is 0 Å². The van der Waals surface area contributed by atoms with Crippen molar-refractivity contribution in [2.75, 3.05) is 39.5 Å². The number of hydrogen-bond donors (Lipinski definition) is 0. The normalized spacial score (nSPS) is 12.7. The Morgan fingerprint density at radius 1 is 1.17 bits per heavy atom. The van der Waals surface area contributed by atoms with E-state index in [9.17, 15) is 4.79 Å². The molecule has 6 nitrogen and oxygen atoms in total. The number of ether oxygens (including phenoxy) is 4. The minimum Gasteiger partial charge on any atom is -0.492 e. The van der Waals surface area contributed by atoms with Crippen LogP contribution in [0, 0.1) is 0 Å². The van der Waals surface area contributed by atoms with Crippen LogP contribution in [-0.2, 0) is 0 Å². The molecule has 0 radical (unpaired) electrons. The summed E-state index contributed by atoms with van der Waals surface area (Å²) in [5, 5.41) is 0. The van der Waals surface area contributed by atoms with Gasteiger partial charge in [-0.2, -0.15) is 0 Å². The van der Waals surface area contributed by atoms with Crippen molar-refractivity contribution in [3.8, 4) is 23.0 Å². The molecule has 1 aliphatic rings. The summed E-state index contributed by atoms with van der Waals surface area (Å²) in [5.41, 5.74) is 2.94. The lowest BCUT2D eigenvalue weighted by Gasteiger charge is -2.18. The number of methoxy groups -OCH3 is 1. The van der Waals surface area contributed by atoms with Gasteiger partial charge in [0, 0.05) is 30.8 Å². The lowest BCUT2D eigenvalue weighted by molar-refractivity contribution is 0.103. The molecule has 0 aliphatic carbocycles. The van der Waals surface area contributed by atoms with Crippen molar-refractivity contribution in [2.45, 2.75) is 20.3 Å². The van der Waals surface area contributed by atoms with Crippen LogP contribution < -0.4 is 23.8 Å². The van der Waals surface area contributed by atoms with Gasteiger partial charge in [-0.3, -0.25) is 4.79 Å². The summed E-state index contributed by atoms with van der Waals surface area (Å²) in [6, 6.07) is 9.23. The van der Waals surface area contributed by atoms with E-state index in [0.717, 1.165) is 17.0 Å². The van der Waals surface area contributed by atoms with Crippen LogP contribution in [0.25, 0.3) is 6.08 Å². The van der Waals surface area contributed by atoms with E-state index < -0.39 is 0 Å². The maximum absolute atomic E-state index is 13.2. The van der Waals surface area contributed by atoms with Crippen molar-refractivity contribution in [3.05, 3.63) is 47.0 Å². The summed E-state index contributed by atoms with van der Waals surface area (Å²) >= 11 is 0. The predicted octanol–water partition coefficient (Wildman–Crippen LogP) is 4.56. The molecule has 0 atom stereocenters. The van der Waals surface area contributed by atoms with Crippen LogP contribution in [0.5, 0.6) is 23.0 Å². The average molecular weight is 397 g/mol. The van der Waals surface area contributed by atoms with E-state index in [-0.39, 0.29) is 12.6 Å². The second-order valence-corrected chi connectivity index (χ2v) is 6.78. The lowest BCUT2D eigenvalue weighted by atomic mass is 9.97. The number of fused-ring (bicyclic) bond motifs is 1. The summed E-state index contributed by atoms with van der Waals surface area (Å²) < 4.78 is 22.1. The zero-order valence-corrected chi connectivity index (χ0v) is 17.6. The molecule has 2 aromatic carbocycles. The summed E-state index contributed by atoms with van der Waals surface area (Å²) in [4.78, 5) is 15.2. The molecule has 154 valence electrons. The molecule has 0 N–H and O–H groups in total. The van der Waals surface area contributed by atoms with Crippen LogP contribution >= 0.6 is 0 Å². The second kappa shape index (κ2) is 8.90. The highest BCUT2D eigenvalue weighted by atomic mass is 16.7. The molecule has 6 heteroatoms. The minimum absolute atomic E-state index is 0.0293. The van der Waals surface area contributed by atoms with Crippen molar-refractivity contribution < 1.29 is 23.7 Å². The van der Waals surface area contributed by atoms with E-state index in [2.05, 4.69) is 0 Å². The van der Waals surface area contributed by atoms with Gasteiger partial charge in [-0.25, -0.2) is 0 Å². The molecular weight excluding hydrogens is 370 g/mol. The maximum Gasteiger partial charge on any atom is 0.231 e. The number of ketones is 1. The molecule has 3 rings (SSSR count). The topological polar surface area (TPSA) is 57.2 Å². The molecule has 0 unspecified atom stereocenters. The van der Waals surface area contributed by atoms with Gasteiger partial charge in [-0.1, -0.05) is 6.92 Å². The number of Topliss-reactive ketones (excluding diaryl/α,β-unsaturated/α-hetero) is 1. The molecule has 0 saturated carbocycles. The Labute approximate surface area is 171 Å². The zero-order chi connectivity index (χ0) is 21.0. The van der Waals surface area contributed by atoms with Crippen molar-refractivity contribution in [1.29, 1.82) is 0 Å². The van der Waals surface area contributed by atoms with Gasteiger partial charge in [0.1, 0.15) is 5.75 Å². The fourth-order valence-electron chi connectivity index (χ4n) is 3.27. The number of rotatable bonds is 8. The van der Waals surface area contributed by atoms with Gasteiger partial charge in [0.15, 0.2) is 17.3 Å². The number of nitrogens with zero attached hydrogens (tertiary/aromatic N) is 1. The molecule has 2 aromatic rings. The molecule has 0 saturated heterocycles. The molecular formula is C23H27NO5. The largest absolute Gasteiger partial charge is 0.492 e.